The summed E-state index contributed by atoms with van der Waals surface area (Å²) in [6.45, 7) is 3.39. The molecule has 0 aromatic carbocycles. The molecule has 55 heavy (non-hydrogen) atoms. The van der Waals surface area contributed by atoms with Crippen molar-refractivity contribution in [2.24, 2.45) is 0 Å². The second-order valence-electron chi connectivity index (χ2n) is 15.5. The minimum atomic E-state index is -1.59. The first-order valence-electron chi connectivity index (χ1n) is 22.4. The van der Waals surface area contributed by atoms with Crippen LogP contribution in [0, 0.1) is 0 Å². The van der Waals surface area contributed by atoms with E-state index >= 15 is 0 Å². The van der Waals surface area contributed by atoms with Crippen molar-refractivity contribution in [1.82, 2.24) is 0 Å². The molecule has 0 bridgehead atoms. The number of carbonyl (C=O) groups excluding carboxylic acids is 2. The largest absolute Gasteiger partial charge is 0.462 e. The van der Waals surface area contributed by atoms with Gasteiger partial charge in [-0.1, -0.05) is 160 Å². The van der Waals surface area contributed by atoms with Crippen molar-refractivity contribution in [3.05, 3.63) is 24.3 Å². The molecule has 0 aromatic heterocycles. The Morgan fingerprint density at radius 1 is 0.564 bits per heavy atom. The van der Waals surface area contributed by atoms with Gasteiger partial charge in [-0.2, -0.15) is 0 Å². The average molecular weight is 783 g/mol. The number of unbranched alkanes of at least 4 members (excludes halogenated alkanes) is 22. The summed E-state index contributed by atoms with van der Waals surface area (Å²) in [7, 11) is 0. The number of hydrogen-bond acceptors (Lipinski definition) is 10. The Balaban J connectivity index is 2.34. The molecule has 0 radical (unpaired) electrons. The van der Waals surface area contributed by atoms with E-state index in [1.54, 1.807) is 0 Å². The fraction of sp³-hybridized carbons (Fsp3) is 0.867. The highest BCUT2D eigenvalue weighted by molar-refractivity contribution is 5.70. The molecule has 322 valence electrons. The Labute approximate surface area is 334 Å². The SMILES string of the molecule is CCCCC/C=C\C/C=C\CCCCCCCC(=O)O[C@H](COC(=O)CCCCCCCCCCCCCCCCC)CO[C@@H]1O[C@H](CO)[C@H](O)[C@H](O)[C@H]1O. The Morgan fingerprint density at radius 2 is 1.02 bits per heavy atom. The lowest BCUT2D eigenvalue weighted by molar-refractivity contribution is -0.305. The van der Waals surface area contributed by atoms with Crippen LogP contribution in [-0.2, 0) is 28.5 Å². The molecule has 1 heterocycles. The normalized spacial score (nSPS) is 20.7. The Hall–Kier alpha value is -1.82. The molecule has 0 spiro atoms. The number of ether oxygens (including phenoxy) is 4. The molecule has 1 aliphatic rings. The number of esters is 2. The maximum atomic E-state index is 12.8. The molecule has 1 saturated heterocycles. The topological polar surface area (TPSA) is 152 Å². The highest BCUT2D eigenvalue weighted by atomic mass is 16.7. The summed E-state index contributed by atoms with van der Waals surface area (Å²) < 4.78 is 22.1. The van der Waals surface area contributed by atoms with E-state index in [-0.39, 0.29) is 32.0 Å². The van der Waals surface area contributed by atoms with E-state index in [9.17, 15) is 30.0 Å². The lowest BCUT2D eigenvalue weighted by Crippen LogP contribution is -2.59. The quantitative estimate of drug-likeness (QED) is 0.0273. The molecule has 0 amide bonds. The van der Waals surface area contributed by atoms with Gasteiger partial charge in [-0.3, -0.25) is 9.59 Å². The molecule has 10 nitrogen and oxygen atoms in total. The van der Waals surface area contributed by atoms with Gasteiger partial charge in [0, 0.05) is 12.8 Å². The highest BCUT2D eigenvalue weighted by Crippen LogP contribution is 2.23. The van der Waals surface area contributed by atoms with Gasteiger partial charge in [0.1, 0.15) is 31.0 Å². The second kappa shape index (κ2) is 36.5. The summed E-state index contributed by atoms with van der Waals surface area (Å²) in [5, 5.41) is 40.0. The van der Waals surface area contributed by atoms with Crippen molar-refractivity contribution >= 4 is 11.9 Å². The molecule has 1 fully saturated rings. The van der Waals surface area contributed by atoms with E-state index in [1.807, 2.05) is 0 Å². The number of carbonyl (C=O) groups is 2. The minimum absolute atomic E-state index is 0.216. The van der Waals surface area contributed by atoms with Gasteiger partial charge in [-0.25, -0.2) is 0 Å². The molecule has 0 aliphatic carbocycles. The van der Waals surface area contributed by atoms with Gasteiger partial charge in [0.15, 0.2) is 12.4 Å². The number of aliphatic hydroxyl groups excluding tert-OH is 4. The number of hydrogen-bond donors (Lipinski definition) is 4. The molecule has 0 unspecified atom stereocenters. The number of rotatable bonds is 37. The van der Waals surface area contributed by atoms with Crippen LogP contribution in [-0.4, -0.2) is 89.0 Å². The van der Waals surface area contributed by atoms with Crippen LogP contribution in [0.15, 0.2) is 24.3 Å². The summed E-state index contributed by atoms with van der Waals surface area (Å²) in [4.78, 5) is 25.3. The Kier molecular flexibility index (Phi) is 34.0. The molecule has 1 aliphatic heterocycles. The Bertz CT molecular complexity index is 954. The maximum Gasteiger partial charge on any atom is 0.306 e. The zero-order chi connectivity index (χ0) is 40.2. The van der Waals surface area contributed by atoms with Crippen molar-refractivity contribution in [1.29, 1.82) is 0 Å². The van der Waals surface area contributed by atoms with Crippen molar-refractivity contribution in [2.45, 2.75) is 230 Å². The molecular weight excluding hydrogens is 700 g/mol. The molecule has 1 rings (SSSR count). The third kappa shape index (κ3) is 28.3. The molecular formula is C45H82O10. The van der Waals surface area contributed by atoms with E-state index in [0.29, 0.717) is 6.42 Å². The lowest BCUT2D eigenvalue weighted by Gasteiger charge is -2.39. The number of allylic oxidation sites excluding steroid dienone is 4. The lowest BCUT2D eigenvalue weighted by atomic mass is 9.99. The van der Waals surface area contributed by atoms with Crippen LogP contribution >= 0.6 is 0 Å². The van der Waals surface area contributed by atoms with Crippen LogP contribution in [0.2, 0.25) is 0 Å². The van der Waals surface area contributed by atoms with Crippen LogP contribution in [0.1, 0.15) is 194 Å². The predicted molar refractivity (Wildman–Crippen MR) is 219 cm³/mol. The second-order valence-corrected chi connectivity index (χ2v) is 15.5. The summed E-state index contributed by atoms with van der Waals surface area (Å²) in [6, 6.07) is 0. The van der Waals surface area contributed by atoms with E-state index in [0.717, 1.165) is 57.8 Å². The predicted octanol–water partition coefficient (Wildman–Crippen LogP) is 9.33. The van der Waals surface area contributed by atoms with Gasteiger partial charge in [0.2, 0.25) is 0 Å². The van der Waals surface area contributed by atoms with Crippen LogP contribution in [0.25, 0.3) is 0 Å². The first-order chi connectivity index (χ1) is 26.8. The average Bonchev–Trinajstić information content (AvgIpc) is 3.18. The molecule has 0 aromatic rings. The minimum Gasteiger partial charge on any atom is -0.462 e. The Morgan fingerprint density at radius 3 is 1.55 bits per heavy atom. The van der Waals surface area contributed by atoms with Crippen molar-refractivity contribution in [3.8, 4) is 0 Å². The van der Waals surface area contributed by atoms with Crippen molar-refractivity contribution in [2.75, 3.05) is 19.8 Å². The van der Waals surface area contributed by atoms with Crippen molar-refractivity contribution < 1.29 is 49.0 Å². The van der Waals surface area contributed by atoms with Gasteiger partial charge in [0.05, 0.1) is 13.2 Å². The monoisotopic (exact) mass is 783 g/mol. The summed E-state index contributed by atoms with van der Waals surface area (Å²) in [5.74, 6) is -0.816. The van der Waals surface area contributed by atoms with E-state index in [1.165, 1.54) is 103 Å². The zero-order valence-corrected chi connectivity index (χ0v) is 34.9. The van der Waals surface area contributed by atoms with Crippen LogP contribution in [0.3, 0.4) is 0 Å². The molecule has 10 heteroatoms. The third-order valence-corrected chi connectivity index (χ3v) is 10.3. The highest BCUT2D eigenvalue weighted by Gasteiger charge is 2.44. The van der Waals surface area contributed by atoms with Crippen LogP contribution in [0.5, 0.6) is 0 Å². The molecule has 0 saturated carbocycles. The first kappa shape index (κ1) is 51.2. The van der Waals surface area contributed by atoms with Gasteiger partial charge in [-0.15, -0.1) is 0 Å². The molecule has 4 N–H and O–H groups in total. The standard InChI is InChI=1S/C45H82O10/c1-3-5-7-9-11-13-15-17-19-21-23-25-27-29-31-33-40(47)52-36-38(37-53-45-44(51)43(50)42(49)39(35-46)55-45)54-41(48)34-32-30-28-26-24-22-20-18-16-14-12-10-8-6-4-2/h12,14,18,20,38-39,42-46,49-51H,3-11,13,15-17,19,21-37H2,1-2H3/b14-12-,20-18-/t38-,39-,42+,43+,44-,45-/m1/s1. The molecule has 6 atom stereocenters. The van der Waals surface area contributed by atoms with Crippen molar-refractivity contribution in [3.63, 3.8) is 0 Å². The van der Waals surface area contributed by atoms with E-state index in [4.69, 9.17) is 18.9 Å². The fourth-order valence-electron chi connectivity index (χ4n) is 6.75. The summed E-state index contributed by atoms with van der Waals surface area (Å²) in [5.41, 5.74) is 0. The third-order valence-electron chi connectivity index (χ3n) is 10.3. The smallest absolute Gasteiger partial charge is 0.306 e. The summed E-state index contributed by atoms with van der Waals surface area (Å²) in [6.07, 6.45) is 31.8. The fourth-order valence-corrected chi connectivity index (χ4v) is 6.75. The van der Waals surface area contributed by atoms with Crippen LogP contribution < -0.4 is 0 Å². The van der Waals surface area contributed by atoms with Gasteiger partial charge >= 0.3 is 11.9 Å². The van der Waals surface area contributed by atoms with E-state index < -0.39 is 49.4 Å². The van der Waals surface area contributed by atoms with Crippen LogP contribution in [0.4, 0.5) is 0 Å². The summed E-state index contributed by atoms with van der Waals surface area (Å²) >= 11 is 0. The van der Waals surface area contributed by atoms with Gasteiger partial charge < -0.3 is 39.4 Å². The van der Waals surface area contributed by atoms with E-state index in [2.05, 4.69) is 38.2 Å². The first-order valence-corrected chi connectivity index (χ1v) is 22.4. The number of aliphatic hydroxyl groups is 4. The maximum absolute atomic E-state index is 12.8. The van der Waals surface area contributed by atoms with Gasteiger partial charge in [-0.05, 0) is 44.9 Å². The zero-order valence-electron chi connectivity index (χ0n) is 34.9. The van der Waals surface area contributed by atoms with Gasteiger partial charge in [0.25, 0.3) is 0 Å².